The van der Waals surface area contributed by atoms with Crippen LogP contribution >= 0.6 is 0 Å². The van der Waals surface area contributed by atoms with Gasteiger partial charge < -0.3 is 14.3 Å². The second kappa shape index (κ2) is 5.39. The third kappa shape index (κ3) is 3.01. The van der Waals surface area contributed by atoms with E-state index in [4.69, 9.17) is 9.15 Å². The van der Waals surface area contributed by atoms with Crippen molar-refractivity contribution < 1.29 is 19.1 Å². The lowest BCUT2D eigenvalue weighted by molar-refractivity contribution is -0.137. The average Bonchev–Trinajstić information content (AvgIpc) is 2.36. The lowest BCUT2D eigenvalue weighted by Crippen LogP contribution is -2.04. The monoisotopic (exact) mass is 260 g/mol. The van der Waals surface area contributed by atoms with Crippen LogP contribution in [0.3, 0.4) is 0 Å². The van der Waals surface area contributed by atoms with E-state index >= 15 is 0 Å². The minimum Gasteiger partial charge on any atom is -0.508 e. The highest BCUT2D eigenvalue weighted by Gasteiger charge is 2.04. The largest absolute Gasteiger partial charge is 0.508 e. The number of esters is 1. The fourth-order valence-corrected chi connectivity index (χ4v) is 1.58. The zero-order valence-electron chi connectivity index (χ0n) is 10.3. The highest BCUT2D eigenvalue weighted by Crippen LogP contribution is 2.19. The van der Waals surface area contributed by atoms with E-state index in [0.717, 1.165) is 0 Å². The predicted molar refractivity (Wildman–Crippen MR) is 69.8 cm³/mol. The molecule has 0 amide bonds. The number of hydrogen-bond acceptors (Lipinski definition) is 5. The van der Waals surface area contributed by atoms with Crippen molar-refractivity contribution in [1.29, 1.82) is 0 Å². The van der Waals surface area contributed by atoms with Gasteiger partial charge in [-0.25, -0.2) is 9.59 Å². The Balaban J connectivity index is 2.39. The molecule has 0 saturated heterocycles. The lowest BCUT2D eigenvalue weighted by Gasteiger charge is -1.99. The lowest BCUT2D eigenvalue weighted by atomic mass is 10.1. The molecule has 1 aromatic carbocycles. The van der Waals surface area contributed by atoms with E-state index < -0.39 is 11.6 Å². The molecule has 98 valence electrons. The molecule has 0 aliphatic heterocycles. The van der Waals surface area contributed by atoms with Crippen molar-refractivity contribution in [1.82, 2.24) is 0 Å². The molecular weight excluding hydrogens is 248 g/mol. The zero-order valence-corrected chi connectivity index (χ0v) is 10.3. The molecular formula is C14H12O5. The van der Waals surface area contributed by atoms with Crippen molar-refractivity contribution in [2.24, 2.45) is 0 Å². The number of carbonyl (C=O) groups is 1. The molecule has 0 aliphatic carbocycles. The van der Waals surface area contributed by atoms with Crippen molar-refractivity contribution in [3.8, 4) is 5.75 Å². The van der Waals surface area contributed by atoms with E-state index in [2.05, 4.69) is 0 Å². The summed E-state index contributed by atoms with van der Waals surface area (Å²) in [5.41, 5.74) is -0.0526. The second-order valence-corrected chi connectivity index (χ2v) is 3.80. The Kier molecular flexibility index (Phi) is 3.66. The number of phenols is 1. The van der Waals surface area contributed by atoms with Gasteiger partial charge in [-0.2, -0.15) is 0 Å². The van der Waals surface area contributed by atoms with Crippen LogP contribution in [0.25, 0.3) is 17.0 Å². The van der Waals surface area contributed by atoms with Crippen LogP contribution in [-0.4, -0.2) is 17.7 Å². The summed E-state index contributed by atoms with van der Waals surface area (Å²) in [7, 11) is 0. The maximum atomic E-state index is 11.7. The predicted octanol–water partition coefficient (Wildman–Crippen LogP) is 2.07. The van der Waals surface area contributed by atoms with Gasteiger partial charge in [-0.3, -0.25) is 0 Å². The van der Waals surface area contributed by atoms with Gasteiger partial charge in [0, 0.05) is 17.5 Å². The molecule has 1 aromatic heterocycles. The van der Waals surface area contributed by atoms with Crippen molar-refractivity contribution in [2.75, 3.05) is 6.61 Å². The first-order valence-corrected chi connectivity index (χ1v) is 5.72. The summed E-state index contributed by atoms with van der Waals surface area (Å²) in [6, 6.07) is 6.04. The summed E-state index contributed by atoms with van der Waals surface area (Å²) in [5, 5.41) is 9.94. The number of phenolic OH excluding ortho intramolecular Hbond substituents is 1. The minimum atomic E-state index is -0.585. The summed E-state index contributed by atoms with van der Waals surface area (Å²) in [6.45, 7) is 1.97. The van der Waals surface area contributed by atoms with Crippen LogP contribution in [0.2, 0.25) is 0 Å². The highest BCUT2D eigenvalue weighted by atomic mass is 16.5. The van der Waals surface area contributed by atoms with E-state index in [1.165, 1.54) is 24.3 Å². The second-order valence-electron chi connectivity index (χ2n) is 3.80. The number of aromatic hydroxyl groups is 1. The number of benzene rings is 1. The molecule has 0 aliphatic rings. The molecule has 5 heteroatoms. The number of fused-ring (bicyclic) bond motifs is 1. The van der Waals surface area contributed by atoms with Gasteiger partial charge in [0.1, 0.15) is 11.3 Å². The summed E-state index contributed by atoms with van der Waals surface area (Å²) < 4.78 is 9.76. The number of ether oxygens (including phenoxy) is 1. The number of hydrogen-bond donors (Lipinski definition) is 1. The van der Waals surface area contributed by atoms with Crippen LogP contribution in [0.15, 0.2) is 39.6 Å². The fourth-order valence-electron chi connectivity index (χ4n) is 1.58. The molecule has 1 heterocycles. The van der Waals surface area contributed by atoms with Crippen LogP contribution in [0.1, 0.15) is 12.5 Å². The van der Waals surface area contributed by atoms with Gasteiger partial charge in [0.2, 0.25) is 0 Å². The molecule has 2 aromatic rings. The van der Waals surface area contributed by atoms with Crippen LogP contribution in [0.5, 0.6) is 5.75 Å². The molecule has 0 bridgehead atoms. The molecule has 0 spiro atoms. The smallest absolute Gasteiger partial charge is 0.343 e. The molecule has 0 saturated carbocycles. The molecule has 1 N–H and O–H groups in total. The topological polar surface area (TPSA) is 76.7 Å². The Morgan fingerprint density at radius 2 is 2.21 bits per heavy atom. The normalized spacial score (nSPS) is 11.0. The van der Waals surface area contributed by atoms with Crippen LogP contribution in [0.4, 0.5) is 0 Å². The third-order valence-electron chi connectivity index (χ3n) is 2.43. The summed E-state index contributed by atoms with van der Waals surface area (Å²) in [6.07, 6.45) is 2.51. The van der Waals surface area contributed by atoms with Crippen molar-refractivity contribution >= 4 is 23.0 Å². The Morgan fingerprint density at radius 3 is 2.95 bits per heavy atom. The summed E-state index contributed by atoms with van der Waals surface area (Å²) in [4.78, 5) is 22.8. The number of rotatable bonds is 3. The zero-order chi connectivity index (χ0) is 13.8. The maximum Gasteiger partial charge on any atom is 0.343 e. The summed E-state index contributed by atoms with van der Waals surface area (Å²) in [5.74, 6) is -0.502. The third-order valence-corrected chi connectivity index (χ3v) is 2.43. The van der Waals surface area contributed by atoms with Crippen molar-refractivity contribution in [3.05, 3.63) is 46.3 Å². The standard InChI is InChI=1S/C14H12O5/c1-2-18-13(16)6-4-10-7-9-3-5-11(15)8-12(9)19-14(10)17/h3-8,15H,2H2,1H3/b6-4+. The van der Waals surface area contributed by atoms with Gasteiger partial charge in [0.15, 0.2) is 0 Å². The molecule has 5 nitrogen and oxygen atoms in total. The van der Waals surface area contributed by atoms with E-state index in [0.29, 0.717) is 11.0 Å². The first-order valence-electron chi connectivity index (χ1n) is 5.72. The van der Waals surface area contributed by atoms with Crippen LogP contribution in [-0.2, 0) is 9.53 Å². The quantitative estimate of drug-likeness (QED) is 0.519. The van der Waals surface area contributed by atoms with Gasteiger partial charge in [-0.1, -0.05) is 0 Å². The maximum absolute atomic E-state index is 11.7. The van der Waals surface area contributed by atoms with E-state index in [1.54, 1.807) is 19.1 Å². The first-order chi connectivity index (χ1) is 9.10. The highest BCUT2D eigenvalue weighted by molar-refractivity contribution is 5.88. The fraction of sp³-hybridized carbons (Fsp3) is 0.143. The van der Waals surface area contributed by atoms with E-state index in [1.807, 2.05) is 0 Å². The van der Waals surface area contributed by atoms with Gasteiger partial charge in [-0.05, 0) is 31.2 Å². The summed E-state index contributed by atoms with van der Waals surface area (Å²) >= 11 is 0. The molecule has 0 unspecified atom stereocenters. The van der Waals surface area contributed by atoms with Crippen LogP contribution in [0, 0.1) is 0 Å². The molecule has 0 radical (unpaired) electrons. The SMILES string of the molecule is CCOC(=O)/C=C/c1cc2ccc(O)cc2oc1=O. The Bertz CT molecular complexity index is 697. The van der Waals surface area contributed by atoms with Gasteiger partial charge in [0.05, 0.1) is 12.2 Å². The first kappa shape index (κ1) is 12.9. The van der Waals surface area contributed by atoms with Crippen molar-refractivity contribution in [2.45, 2.75) is 6.92 Å². The van der Waals surface area contributed by atoms with Gasteiger partial charge in [0.25, 0.3) is 0 Å². The van der Waals surface area contributed by atoms with Crippen LogP contribution < -0.4 is 5.63 Å². The Morgan fingerprint density at radius 1 is 1.42 bits per heavy atom. The Labute approximate surface area is 108 Å². The van der Waals surface area contributed by atoms with Crippen molar-refractivity contribution in [3.63, 3.8) is 0 Å². The Hall–Kier alpha value is -2.56. The minimum absolute atomic E-state index is 0.0189. The molecule has 0 atom stereocenters. The van der Waals surface area contributed by atoms with Gasteiger partial charge in [-0.15, -0.1) is 0 Å². The molecule has 2 rings (SSSR count). The number of carbonyl (C=O) groups excluding carboxylic acids is 1. The van der Waals surface area contributed by atoms with E-state index in [-0.39, 0.29) is 17.9 Å². The molecule has 0 fully saturated rings. The average molecular weight is 260 g/mol. The van der Waals surface area contributed by atoms with E-state index in [9.17, 15) is 14.7 Å². The van der Waals surface area contributed by atoms with Gasteiger partial charge >= 0.3 is 11.6 Å². The molecule has 19 heavy (non-hydrogen) atoms.